The van der Waals surface area contributed by atoms with Gasteiger partial charge in [0.2, 0.25) is 5.16 Å². The van der Waals surface area contributed by atoms with Gasteiger partial charge in [0, 0.05) is 36.8 Å². The molecule has 0 fully saturated rings. The lowest BCUT2D eigenvalue weighted by Crippen LogP contribution is -2.21. The number of halogens is 1. The maximum Gasteiger partial charge on any atom is 0.209 e. The number of rotatable bonds is 7. The van der Waals surface area contributed by atoms with Gasteiger partial charge in [-0.3, -0.25) is 4.98 Å². The zero-order valence-corrected chi connectivity index (χ0v) is 13.5. The van der Waals surface area contributed by atoms with Crippen LogP contribution in [0.15, 0.2) is 28.1 Å². The number of pyridine rings is 1. The Morgan fingerprint density at radius 3 is 2.85 bits per heavy atom. The van der Waals surface area contributed by atoms with Crippen LogP contribution in [-0.4, -0.2) is 45.7 Å². The van der Waals surface area contributed by atoms with Gasteiger partial charge >= 0.3 is 0 Å². The number of ether oxygens (including phenoxy) is 2. The summed E-state index contributed by atoms with van der Waals surface area (Å²) in [7, 11) is 3.16. The fourth-order valence-electron chi connectivity index (χ4n) is 1.48. The van der Waals surface area contributed by atoms with Crippen LogP contribution in [0.2, 0.25) is 0 Å². The van der Waals surface area contributed by atoms with E-state index in [9.17, 15) is 0 Å². The lowest BCUT2D eigenvalue weighted by Gasteiger charge is -2.13. The lowest BCUT2D eigenvalue weighted by atomic mass is 10.3. The van der Waals surface area contributed by atoms with Crippen LogP contribution in [0.3, 0.4) is 0 Å². The molecule has 0 aliphatic carbocycles. The molecule has 20 heavy (non-hydrogen) atoms. The Bertz CT molecular complexity index is 549. The summed E-state index contributed by atoms with van der Waals surface area (Å²) in [6.07, 6.45) is 3.20. The fourth-order valence-corrected chi connectivity index (χ4v) is 2.70. The van der Waals surface area contributed by atoms with Gasteiger partial charge in [0.1, 0.15) is 0 Å². The number of methoxy groups -OCH3 is 2. The third-order valence-electron chi connectivity index (χ3n) is 2.48. The van der Waals surface area contributed by atoms with Crippen LogP contribution in [0.1, 0.15) is 5.56 Å². The molecule has 0 unspecified atom stereocenters. The maximum atomic E-state index is 5.14. The number of tetrazole rings is 1. The molecule has 0 saturated carbocycles. The summed E-state index contributed by atoms with van der Waals surface area (Å²) in [5.41, 5.74) is 1.09. The molecule has 0 spiro atoms. The van der Waals surface area contributed by atoms with E-state index in [1.807, 2.05) is 12.3 Å². The monoisotopic (exact) mass is 359 g/mol. The second-order valence-electron chi connectivity index (χ2n) is 3.84. The van der Waals surface area contributed by atoms with Gasteiger partial charge in [-0.15, -0.1) is 5.10 Å². The Labute approximate surface area is 129 Å². The average molecular weight is 360 g/mol. The molecule has 0 aliphatic heterocycles. The van der Waals surface area contributed by atoms with Crippen molar-refractivity contribution in [1.29, 1.82) is 0 Å². The Morgan fingerprint density at radius 1 is 1.35 bits per heavy atom. The highest BCUT2D eigenvalue weighted by Gasteiger charge is 2.13. The standard InChI is InChI=1S/C11H14BrN5O2S/c1-18-10(19-2)6-17-11(14-15-16-17)20-7-8-3-9(12)5-13-4-8/h3-5,10H,6-7H2,1-2H3. The van der Waals surface area contributed by atoms with Crippen molar-refractivity contribution in [2.45, 2.75) is 23.7 Å². The van der Waals surface area contributed by atoms with E-state index in [0.29, 0.717) is 11.7 Å². The summed E-state index contributed by atoms with van der Waals surface area (Å²) in [4.78, 5) is 4.12. The molecule has 0 N–H and O–H groups in total. The van der Waals surface area contributed by atoms with E-state index in [4.69, 9.17) is 9.47 Å². The molecular formula is C11H14BrN5O2S. The van der Waals surface area contributed by atoms with Crippen LogP contribution in [0.25, 0.3) is 0 Å². The summed E-state index contributed by atoms with van der Waals surface area (Å²) in [5.74, 6) is 0.734. The molecule has 108 valence electrons. The van der Waals surface area contributed by atoms with Crippen molar-refractivity contribution in [3.8, 4) is 0 Å². The number of aromatic nitrogens is 5. The predicted octanol–water partition coefficient (Wildman–Crippen LogP) is 1.74. The number of thioether (sulfide) groups is 1. The Morgan fingerprint density at radius 2 is 2.15 bits per heavy atom. The number of hydrogen-bond donors (Lipinski definition) is 0. The van der Waals surface area contributed by atoms with Crippen molar-refractivity contribution < 1.29 is 9.47 Å². The summed E-state index contributed by atoms with van der Waals surface area (Å²) >= 11 is 4.93. The second-order valence-corrected chi connectivity index (χ2v) is 5.70. The molecule has 0 radical (unpaired) electrons. The molecule has 9 heteroatoms. The Hall–Kier alpha value is -1.03. The largest absolute Gasteiger partial charge is 0.354 e. The quantitative estimate of drug-likeness (QED) is 0.550. The van der Waals surface area contributed by atoms with E-state index in [-0.39, 0.29) is 6.29 Å². The first-order chi connectivity index (χ1) is 9.72. The highest BCUT2D eigenvalue weighted by molar-refractivity contribution is 9.10. The van der Waals surface area contributed by atoms with Crippen molar-refractivity contribution in [3.05, 3.63) is 28.5 Å². The average Bonchev–Trinajstić information content (AvgIpc) is 2.90. The summed E-state index contributed by atoms with van der Waals surface area (Å²) < 4.78 is 12.9. The van der Waals surface area contributed by atoms with Crippen molar-refractivity contribution in [3.63, 3.8) is 0 Å². The molecule has 0 aromatic carbocycles. The Balaban J connectivity index is 1.98. The predicted molar refractivity (Wildman–Crippen MR) is 77.1 cm³/mol. The first kappa shape index (κ1) is 15.4. The second kappa shape index (κ2) is 7.67. The van der Waals surface area contributed by atoms with Crippen LogP contribution in [0.5, 0.6) is 0 Å². The zero-order chi connectivity index (χ0) is 14.4. The van der Waals surface area contributed by atoms with Crippen molar-refractivity contribution in [1.82, 2.24) is 25.2 Å². The molecule has 0 amide bonds. The lowest BCUT2D eigenvalue weighted by molar-refractivity contribution is -0.113. The van der Waals surface area contributed by atoms with Crippen LogP contribution in [-0.2, 0) is 21.8 Å². The molecule has 2 aromatic heterocycles. The minimum atomic E-state index is -0.370. The molecule has 0 atom stereocenters. The highest BCUT2D eigenvalue weighted by Crippen LogP contribution is 2.21. The van der Waals surface area contributed by atoms with Gasteiger partial charge in [0.25, 0.3) is 0 Å². The topological polar surface area (TPSA) is 75.0 Å². The zero-order valence-electron chi connectivity index (χ0n) is 11.1. The highest BCUT2D eigenvalue weighted by atomic mass is 79.9. The van der Waals surface area contributed by atoms with Crippen molar-refractivity contribution >= 4 is 27.7 Å². The molecular weight excluding hydrogens is 346 g/mol. The van der Waals surface area contributed by atoms with Gasteiger partial charge in [-0.25, -0.2) is 4.68 Å². The fraction of sp³-hybridized carbons (Fsp3) is 0.455. The molecule has 0 bridgehead atoms. The van der Waals surface area contributed by atoms with Gasteiger partial charge in [0.15, 0.2) is 6.29 Å². The molecule has 0 aliphatic rings. The van der Waals surface area contributed by atoms with Crippen molar-refractivity contribution in [2.24, 2.45) is 0 Å². The van der Waals surface area contributed by atoms with E-state index >= 15 is 0 Å². The van der Waals surface area contributed by atoms with Gasteiger partial charge < -0.3 is 9.47 Å². The van der Waals surface area contributed by atoms with Crippen LogP contribution >= 0.6 is 27.7 Å². The minimum Gasteiger partial charge on any atom is -0.354 e. The molecule has 7 nitrogen and oxygen atoms in total. The van der Waals surface area contributed by atoms with Crippen LogP contribution in [0, 0.1) is 0 Å². The molecule has 2 heterocycles. The van der Waals surface area contributed by atoms with E-state index in [1.165, 1.54) is 11.8 Å². The minimum absolute atomic E-state index is 0.370. The normalized spacial score (nSPS) is 11.2. The van der Waals surface area contributed by atoms with Gasteiger partial charge in [0.05, 0.1) is 6.54 Å². The summed E-state index contributed by atoms with van der Waals surface area (Å²) in [6, 6.07) is 2.02. The van der Waals surface area contributed by atoms with E-state index < -0.39 is 0 Å². The van der Waals surface area contributed by atoms with Crippen LogP contribution in [0.4, 0.5) is 0 Å². The van der Waals surface area contributed by atoms with Gasteiger partial charge in [-0.1, -0.05) is 11.8 Å². The SMILES string of the molecule is COC(Cn1nnnc1SCc1cncc(Br)c1)OC. The first-order valence-corrected chi connectivity index (χ1v) is 7.54. The van der Waals surface area contributed by atoms with Crippen LogP contribution < -0.4 is 0 Å². The summed E-state index contributed by atoms with van der Waals surface area (Å²) in [5, 5.41) is 12.3. The van der Waals surface area contributed by atoms with E-state index in [0.717, 1.165) is 15.8 Å². The third kappa shape index (κ3) is 4.23. The first-order valence-electron chi connectivity index (χ1n) is 5.77. The van der Waals surface area contributed by atoms with E-state index in [2.05, 4.69) is 36.4 Å². The summed E-state index contributed by atoms with van der Waals surface area (Å²) in [6.45, 7) is 0.444. The van der Waals surface area contributed by atoms with E-state index in [1.54, 1.807) is 25.1 Å². The number of nitrogens with zero attached hydrogens (tertiary/aromatic N) is 5. The van der Waals surface area contributed by atoms with Crippen molar-refractivity contribution in [2.75, 3.05) is 14.2 Å². The van der Waals surface area contributed by atoms with Gasteiger partial charge in [-0.05, 0) is 38.0 Å². The maximum absolute atomic E-state index is 5.14. The Kier molecular flexibility index (Phi) is 5.89. The molecule has 2 rings (SSSR count). The molecule has 0 saturated heterocycles. The molecule has 2 aromatic rings. The smallest absolute Gasteiger partial charge is 0.209 e. The number of hydrogen-bond acceptors (Lipinski definition) is 7. The van der Waals surface area contributed by atoms with Gasteiger partial charge in [-0.2, -0.15) is 0 Å². The third-order valence-corrected chi connectivity index (χ3v) is 3.94.